The fourth-order valence-corrected chi connectivity index (χ4v) is 1.60. The summed E-state index contributed by atoms with van der Waals surface area (Å²) >= 11 is 0. The van der Waals surface area contributed by atoms with E-state index in [1.807, 2.05) is 31.4 Å². The van der Waals surface area contributed by atoms with Gasteiger partial charge in [0.2, 0.25) is 0 Å². The molecule has 0 fully saturated rings. The van der Waals surface area contributed by atoms with Crippen LogP contribution >= 0.6 is 0 Å². The van der Waals surface area contributed by atoms with Crippen LogP contribution in [-0.4, -0.2) is 22.4 Å². The lowest BCUT2D eigenvalue weighted by atomic mass is 10.2. The van der Waals surface area contributed by atoms with Gasteiger partial charge in [-0.15, -0.1) is 0 Å². The Morgan fingerprint density at radius 3 is 2.83 bits per heavy atom. The summed E-state index contributed by atoms with van der Waals surface area (Å²) in [6.45, 7) is 2.14. The molecule has 2 aromatic rings. The number of nitrogens with one attached hydrogen (secondary N) is 1. The summed E-state index contributed by atoms with van der Waals surface area (Å²) in [5.41, 5.74) is 1.19. The Labute approximate surface area is 105 Å². The molecule has 18 heavy (non-hydrogen) atoms. The van der Waals surface area contributed by atoms with Crippen molar-refractivity contribution in [2.75, 3.05) is 11.9 Å². The van der Waals surface area contributed by atoms with E-state index in [4.69, 9.17) is 4.74 Å². The van der Waals surface area contributed by atoms with Gasteiger partial charge in [0.15, 0.2) is 5.82 Å². The first kappa shape index (κ1) is 12.2. The third-order valence-electron chi connectivity index (χ3n) is 2.40. The Balaban J connectivity index is 2.24. The third kappa shape index (κ3) is 2.68. The van der Waals surface area contributed by atoms with Crippen molar-refractivity contribution in [3.63, 3.8) is 0 Å². The van der Waals surface area contributed by atoms with E-state index in [1.165, 1.54) is 0 Å². The van der Waals surface area contributed by atoms with E-state index < -0.39 is 0 Å². The number of carbonyl (C=O) groups is 1. The third-order valence-corrected chi connectivity index (χ3v) is 2.40. The minimum atomic E-state index is -0.337. The Bertz CT molecular complexity index is 549. The van der Waals surface area contributed by atoms with Crippen LogP contribution in [0.15, 0.2) is 36.5 Å². The van der Waals surface area contributed by atoms with Crippen molar-refractivity contribution in [2.45, 2.75) is 6.92 Å². The minimum Gasteiger partial charge on any atom is -0.462 e. The summed E-state index contributed by atoms with van der Waals surface area (Å²) < 4.78 is 6.70. The molecule has 5 heteroatoms. The number of benzene rings is 1. The molecule has 0 amide bonds. The van der Waals surface area contributed by atoms with E-state index >= 15 is 0 Å². The second kappa shape index (κ2) is 5.35. The van der Waals surface area contributed by atoms with Crippen LogP contribution < -0.4 is 5.32 Å². The smallest absolute Gasteiger partial charge is 0.340 e. The number of aryl methyl sites for hydroxylation is 1. The van der Waals surface area contributed by atoms with Gasteiger partial charge in [-0.25, -0.2) is 4.79 Å². The molecule has 1 aromatic heterocycles. The van der Waals surface area contributed by atoms with Crippen LogP contribution in [0.4, 0.5) is 11.5 Å². The lowest BCUT2D eigenvalue weighted by Crippen LogP contribution is -2.08. The summed E-state index contributed by atoms with van der Waals surface area (Å²) in [6.07, 6.45) is 1.83. The van der Waals surface area contributed by atoms with Crippen molar-refractivity contribution in [1.29, 1.82) is 0 Å². The van der Waals surface area contributed by atoms with E-state index in [2.05, 4.69) is 10.4 Å². The van der Waals surface area contributed by atoms with Crippen LogP contribution in [0, 0.1) is 0 Å². The molecule has 1 N–H and O–H groups in total. The monoisotopic (exact) mass is 245 g/mol. The van der Waals surface area contributed by atoms with E-state index in [-0.39, 0.29) is 5.97 Å². The van der Waals surface area contributed by atoms with Crippen LogP contribution in [0.25, 0.3) is 0 Å². The number of rotatable bonds is 4. The Morgan fingerprint density at radius 2 is 2.17 bits per heavy atom. The molecule has 0 saturated carbocycles. The zero-order valence-electron chi connectivity index (χ0n) is 10.4. The molecule has 5 nitrogen and oxygen atoms in total. The van der Waals surface area contributed by atoms with Crippen LogP contribution in [0.3, 0.4) is 0 Å². The van der Waals surface area contributed by atoms with Crippen molar-refractivity contribution in [2.24, 2.45) is 7.05 Å². The van der Waals surface area contributed by atoms with Crippen LogP contribution in [-0.2, 0) is 11.8 Å². The van der Waals surface area contributed by atoms with Gasteiger partial charge in [-0.3, -0.25) is 4.68 Å². The number of ether oxygens (including phenoxy) is 1. The topological polar surface area (TPSA) is 56.1 Å². The largest absolute Gasteiger partial charge is 0.462 e. The Kier molecular flexibility index (Phi) is 3.62. The lowest BCUT2D eigenvalue weighted by Gasteiger charge is -2.09. The highest BCUT2D eigenvalue weighted by Gasteiger charge is 2.12. The van der Waals surface area contributed by atoms with E-state index in [0.717, 1.165) is 0 Å². The van der Waals surface area contributed by atoms with E-state index in [0.29, 0.717) is 23.7 Å². The number of hydrogen-bond donors (Lipinski definition) is 1. The van der Waals surface area contributed by atoms with Crippen molar-refractivity contribution < 1.29 is 9.53 Å². The molecular weight excluding hydrogens is 230 g/mol. The predicted molar refractivity (Wildman–Crippen MR) is 68.9 cm³/mol. The summed E-state index contributed by atoms with van der Waals surface area (Å²) in [7, 11) is 1.84. The van der Waals surface area contributed by atoms with Gasteiger partial charge in [0.05, 0.1) is 17.9 Å². The number of nitrogens with zero attached hydrogens (tertiary/aromatic N) is 2. The SMILES string of the molecule is CCOC(=O)c1ccccc1Nc1ccn(C)n1. The first-order valence-corrected chi connectivity index (χ1v) is 5.73. The van der Waals surface area contributed by atoms with Crippen LogP contribution in [0.5, 0.6) is 0 Å². The molecule has 94 valence electrons. The van der Waals surface area contributed by atoms with Gasteiger partial charge in [0.25, 0.3) is 0 Å². The van der Waals surface area contributed by atoms with E-state index in [9.17, 15) is 4.79 Å². The molecule has 1 aromatic carbocycles. The molecule has 0 aliphatic carbocycles. The number of anilines is 2. The van der Waals surface area contributed by atoms with Crippen LogP contribution in [0.1, 0.15) is 17.3 Å². The minimum absolute atomic E-state index is 0.337. The van der Waals surface area contributed by atoms with Crippen molar-refractivity contribution in [3.05, 3.63) is 42.1 Å². The molecular formula is C13H15N3O2. The summed E-state index contributed by atoms with van der Waals surface area (Å²) in [4.78, 5) is 11.8. The first-order valence-electron chi connectivity index (χ1n) is 5.73. The quantitative estimate of drug-likeness (QED) is 0.840. The van der Waals surface area contributed by atoms with Crippen LogP contribution in [0.2, 0.25) is 0 Å². The molecule has 0 bridgehead atoms. The average Bonchev–Trinajstić information content (AvgIpc) is 2.76. The summed E-state index contributed by atoms with van der Waals surface area (Å²) in [5, 5.41) is 7.31. The van der Waals surface area contributed by atoms with Gasteiger partial charge < -0.3 is 10.1 Å². The fourth-order valence-electron chi connectivity index (χ4n) is 1.60. The maximum absolute atomic E-state index is 11.8. The van der Waals surface area contributed by atoms with Crippen molar-refractivity contribution in [1.82, 2.24) is 9.78 Å². The predicted octanol–water partition coefficient (Wildman–Crippen LogP) is 2.34. The van der Waals surface area contributed by atoms with Crippen molar-refractivity contribution in [3.8, 4) is 0 Å². The Hall–Kier alpha value is -2.30. The molecule has 0 saturated heterocycles. The van der Waals surface area contributed by atoms with Gasteiger partial charge in [-0.2, -0.15) is 5.10 Å². The normalized spacial score (nSPS) is 10.1. The molecule has 0 aliphatic rings. The number of carbonyl (C=O) groups excluding carboxylic acids is 1. The first-order chi connectivity index (χ1) is 8.70. The lowest BCUT2D eigenvalue weighted by molar-refractivity contribution is 0.0527. The highest BCUT2D eigenvalue weighted by Crippen LogP contribution is 2.20. The maximum Gasteiger partial charge on any atom is 0.340 e. The molecule has 1 heterocycles. The van der Waals surface area contributed by atoms with E-state index in [1.54, 1.807) is 23.7 Å². The zero-order valence-corrected chi connectivity index (χ0v) is 10.4. The standard InChI is InChI=1S/C13H15N3O2/c1-3-18-13(17)10-6-4-5-7-11(10)14-12-8-9-16(2)15-12/h4-9H,3H2,1-2H3,(H,14,15). The van der Waals surface area contributed by atoms with Gasteiger partial charge in [-0.1, -0.05) is 12.1 Å². The summed E-state index contributed by atoms with van der Waals surface area (Å²) in [5.74, 6) is 0.353. The fraction of sp³-hybridized carbons (Fsp3) is 0.231. The maximum atomic E-state index is 11.8. The second-order valence-electron chi connectivity index (χ2n) is 3.77. The number of para-hydroxylation sites is 1. The molecule has 0 atom stereocenters. The van der Waals surface area contributed by atoms with Gasteiger partial charge in [0, 0.05) is 19.3 Å². The zero-order chi connectivity index (χ0) is 13.0. The second-order valence-corrected chi connectivity index (χ2v) is 3.77. The number of hydrogen-bond acceptors (Lipinski definition) is 4. The Morgan fingerprint density at radius 1 is 1.39 bits per heavy atom. The number of esters is 1. The molecule has 2 rings (SSSR count). The highest BCUT2D eigenvalue weighted by atomic mass is 16.5. The molecule has 0 spiro atoms. The van der Waals surface area contributed by atoms with Gasteiger partial charge in [0.1, 0.15) is 0 Å². The molecule has 0 radical (unpaired) electrons. The van der Waals surface area contributed by atoms with Crippen molar-refractivity contribution >= 4 is 17.5 Å². The van der Waals surface area contributed by atoms with Gasteiger partial charge >= 0.3 is 5.97 Å². The highest BCUT2D eigenvalue weighted by molar-refractivity contribution is 5.96. The summed E-state index contributed by atoms with van der Waals surface area (Å²) in [6, 6.07) is 9.04. The average molecular weight is 245 g/mol. The van der Waals surface area contributed by atoms with Gasteiger partial charge in [-0.05, 0) is 19.1 Å². The molecule has 0 aliphatic heterocycles. The number of aromatic nitrogens is 2. The molecule has 0 unspecified atom stereocenters.